The highest BCUT2D eigenvalue weighted by Gasteiger charge is 2.32. The van der Waals surface area contributed by atoms with Crippen LogP contribution >= 0.6 is 0 Å². The Morgan fingerprint density at radius 2 is 1.76 bits per heavy atom. The molecule has 0 aliphatic carbocycles. The van der Waals surface area contributed by atoms with Crippen LogP contribution in [0, 0.1) is 6.92 Å². The van der Waals surface area contributed by atoms with Crippen molar-refractivity contribution in [2.45, 2.75) is 32.4 Å². The van der Waals surface area contributed by atoms with Crippen molar-refractivity contribution in [1.29, 1.82) is 0 Å². The van der Waals surface area contributed by atoms with Crippen LogP contribution in [0.5, 0.6) is 0 Å². The van der Waals surface area contributed by atoms with Crippen molar-refractivity contribution in [3.63, 3.8) is 0 Å². The van der Waals surface area contributed by atoms with E-state index in [1.165, 1.54) is 18.9 Å². The largest absolute Gasteiger partial charge is 0.416 e. The van der Waals surface area contributed by atoms with Gasteiger partial charge in [-0.2, -0.15) is 13.2 Å². The fourth-order valence-electron chi connectivity index (χ4n) is 5.53. The second-order valence-electron chi connectivity index (χ2n) is 11.0. The summed E-state index contributed by atoms with van der Waals surface area (Å²) in [4.78, 5) is 26.9. The summed E-state index contributed by atoms with van der Waals surface area (Å²) in [5, 5.41) is 6.93. The lowest BCUT2D eigenvalue weighted by molar-refractivity contribution is -0.137. The van der Waals surface area contributed by atoms with Crippen LogP contribution in [0.3, 0.4) is 0 Å². The summed E-state index contributed by atoms with van der Waals surface area (Å²) in [6.45, 7) is 7.50. The summed E-state index contributed by atoms with van der Waals surface area (Å²) in [7, 11) is 0. The number of halogens is 3. The van der Waals surface area contributed by atoms with Crippen molar-refractivity contribution in [2.75, 3.05) is 54.8 Å². The number of fused-ring (bicyclic) bond motifs is 1. The van der Waals surface area contributed by atoms with Crippen LogP contribution in [-0.2, 0) is 6.18 Å². The molecule has 2 aliphatic rings. The smallest absolute Gasteiger partial charge is 0.370 e. The van der Waals surface area contributed by atoms with Crippen LogP contribution < -0.4 is 15.5 Å². The van der Waals surface area contributed by atoms with Crippen LogP contribution in [0.1, 0.15) is 40.7 Å². The molecule has 0 saturated carbocycles. The van der Waals surface area contributed by atoms with Crippen LogP contribution in [0.2, 0.25) is 0 Å². The number of carbonyl (C=O) groups excluding carboxylic acids is 1. The van der Waals surface area contributed by atoms with E-state index in [0.717, 1.165) is 85.4 Å². The minimum Gasteiger partial charge on any atom is -0.370 e. The number of hydrogen-bond acceptors (Lipinski definition) is 6. The first-order chi connectivity index (χ1) is 20.2. The van der Waals surface area contributed by atoms with E-state index >= 15 is 0 Å². The Kier molecular flexibility index (Phi) is 7.72. The van der Waals surface area contributed by atoms with Crippen LogP contribution in [-0.4, -0.2) is 60.0 Å². The first-order valence-corrected chi connectivity index (χ1v) is 14.4. The summed E-state index contributed by atoms with van der Waals surface area (Å²) < 4.78 is 40.3. The maximum Gasteiger partial charge on any atom is 0.416 e. The Labute approximate surface area is 242 Å². The van der Waals surface area contributed by atoms with Crippen LogP contribution in [0.25, 0.3) is 22.0 Å². The number of benzene rings is 3. The monoisotopic (exact) mass is 574 g/mol. The number of nitrogens with zero attached hydrogens (tertiary/aromatic N) is 4. The lowest BCUT2D eigenvalue weighted by Crippen LogP contribution is -2.37. The summed E-state index contributed by atoms with van der Waals surface area (Å²) >= 11 is 0. The Balaban J connectivity index is 1.21. The van der Waals surface area contributed by atoms with Gasteiger partial charge in [-0.15, -0.1) is 0 Å². The molecule has 0 radical (unpaired) electrons. The number of carbonyl (C=O) groups is 1. The van der Waals surface area contributed by atoms with Gasteiger partial charge in [0.25, 0.3) is 5.91 Å². The van der Waals surface area contributed by atoms with Gasteiger partial charge in [-0.1, -0.05) is 12.1 Å². The van der Waals surface area contributed by atoms with E-state index in [-0.39, 0.29) is 5.69 Å². The van der Waals surface area contributed by atoms with Crippen molar-refractivity contribution in [2.24, 2.45) is 0 Å². The van der Waals surface area contributed by atoms with Crippen molar-refractivity contribution < 1.29 is 18.0 Å². The minimum atomic E-state index is -4.51. The third-order valence-corrected chi connectivity index (χ3v) is 8.07. The molecule has 3 aromatic carbocycles. The van der Waals surface area contributed by atoms with Gasteiger partial charge in [-0.3, -0.25) is 4.79 Å². The normalized spacial score (nSPS) is 15.6. The maximum atomic E-state index is 13.4. The molecule has 7 nitrogen and oxygen atoms in total. The molecule has 0 atom stereocenters. The van der Waals surface area contributed by atoms with Gasteiger partial charge in [0.2, 0.25) is 5.95 Å². The third-order valence-electron chi connectivity index (χ3n) is 8.07. The standard InChI is InChI=1S/C32H33F3N6O/c1-21-5-6-23(30(42)38-28-19-25(32(33,34)35)8-10-29(28)41-14-4-15-41)18-26(21)22-7-9-27-24(17-22)20-37-31(39-27)36-11-16-40-12-2-3-13-40/h5-10,17-20H,2-4,11-16H2,1H3,(H,38,42)(H,36,37,39). The molecule has 3 heterocycles. The van der Waals surface area contributed by atoms with E-state index in [9.17, 15) is 18.0 Å². The van der Waals surface area contributed by atoms with E-state index in [2.05, 4.69) is 25.5 Å². The Bertz CT molecular complexity index is 1610. The molecule has 0 spiro atoms. The van der Waals surface area contributed by atoms with E-state index in [1.807, 2.05) is 36.1 Å². The highest BCUT2D eigenvalue weighted by atomic mass is 19.4. The minimum absolute atomic E-state index is 0.157. The molecule has 2 aliphatic heterocycles. The van der Waals surface area contributed by atoms with Crippen molar-refractivity contribution in [3.05, 3.63) is 77.5 Å². The fraction of sp³-hybridized carbons (Fsp3) is 0.344. The van der Waals surface area contributed by atoms with Crippen LogP contribution in [0.4, 0.5) is 30.5 Å². The van der Waals surface area contributed by atoms with Gasteiger partial charge < -0.3 is 20.4 Å². The van der Waals surface area contributed by atoms with Crippen LogP contribution in [0.15, 0.2) is 60.8 Å². The number of anilines is 3. The van der Waals surface area contributed by atoms with Crippen molar-refractivity contribution in [1.82, 2.24) is 14.9 Å². The van der Waals surface area contributed by atoms with Gasteiger partial charge in [0.05, 0.1) is 22.5 Å². The number of aromatic nitrogens is 2. The molecule has 10 heteroatoms. The summed E-state index contributed by atoms with van der Waals surface area (Å²) in [5.74, 6) is 0.127. The zero-order valence-electron chi connectivity index (χ0n) is 23.5. The van der Waals surface area contributed by atoms with Crippen molar-refractivity contribution in [3.8, 4) is 11.1 Å². The molecule has 0 unspecified atom stereocenters. The number of likely N-dealkylation sites (tertiary alicyclic amines) is 1. The van der Waals surface area contributed by atoms with Gasteiger partial charge >= 0.3 is 6.18 Å². The van der Waals surface area contributed by atoms with Gasteiger partial charge in [-0.25, -0.2) is 9.97 Å². The molecule has 1 aromatic heterocycles. The lowest BCUT2D eigenvalue weighted by atomic mass is 9.96. The third kappa shape index (κ3) is 6.04. The SMILES string of the molecule is Cc1ccc(C(=O)Nc2cc(C(F)(F)F)ccc2N2CCC2)cc1-c1ccc2nc(NCCN3CCCC3)ncc2c1. The highest BCUT2D eigenvalue weighted by Crippen LogP contribution is 2.37. The topological polar surface area (TPSA) is 73.4 Å². The molecule has 1 amide bonds. The molecule has 4 aromatic rings. The van der Waals surface area contributed by atoms with Crippen molar-refractivity contribution >= 4 is 34.1 Å². The molecule has 2 fully saturated rings. The van der Waals surface area contributed by atoms with Gasteiger partial charge in [-0.05, 0) is 98.4 Å². The summed E-state index contributed by atoms with van der Waals surface area (Å²) in [6.07, 6.45) is 0.771. The molecular formula is C32H33F3N6O. The Hall–Kier alpha value is -4.18. The number of hydrogen-bond donors (Lipinski definition) is 2. The second kappa shape index (κ2) is 11.6. The molecule has 218 valence electrons. The van der Waals surface area contributed by atoms with E-state index in [0.29, 0.717) is 17.2 Å². The summed E-state index contributed by atoms with van der Waals surface area (Å²) in [5.41, 5.74) is 3.84. The highest BCUT2D eigenvalue weighted by molar-refractivity contribution is 6.07. The molecule has 2 N–H and O–H groups in total. The van der Waals surface area contributed by atoms with Gasteiger partial charge in [0.1, 0.15) is 0 Å². The quantitative estimate of drug-likeness (QED) is 0.247. The van der Waals surface area contributed by atoms with Gasteiger partial charge in [0.15, 0.2) is 0 Å². The van der Waals surface area contributed by atoms with E-state index < -0.39 is 17.6 Å². The maximum absolute atomic E-state index is 13.4. The zero-order valence-corrected chi connectivity index (χ0v) is 23.5. The molecule has 0 bridgehead atoms. The first-order valence-electron chi connectivity index (χ1n) is 14.4. The predicted octanol–water partition coefficient (Wildman–Crippen LogP) is 6.59. The number of rotatable bonds is 8. The summed E-state index contributed by atoms with van der Waals surface area (Å²) in [6, 6.07) is 14.7. The lowest BCUT2D eigenvalue weighted by Gasteiger charge is -2.35. The molecule has 2 saturated heterocycles. The molecule has 6 rings (SSSR count). The number of aryl methyl sites for hydroxylation is 1. The second-order valence-corrected chi connectivity index (χ2v) is 11.0. The zero-order chi connectivity index (χ0) is 29.3. The number of amides is 1. The van der Waals surface area contributed by atoms with Gasteiger partial charge in [0, 0.05) is 43.3 Å². The average Bonchev–Trinajstić information content (AvgIpc) is 3.46. The average molecular weight is 575 g/mol. The molecule has 42 heavy (non-hydrogen) atoms. The van der Waals surface area contributed by atoms with E-state index in [1.54, 1.807) is 18.3 Å². The number of nitrogens with one attached hydrogen (secondary N) is 2. The molecular weight excluding hydrogens is 541 g/mol. The Morgan fingerprint density at radius 3 is 2.50 bits per heavy atom. The first kappa shape index (κ1) is 28.0. The fourth-order valence-corrected chi connectivity index (χ4v) is 5.53. The van der Waals surface area contributed by atoms with E-state index in [4.69, 9.17) is 0 Å². The Morgan fingerprint density at radius 1 is 0.952 bits per heavy atom. The predicted molar refractivity (Wildman–Crippen MR) is 160 cm³/mol. The number of alkyl halides is 3.